The number of ether oxygens (including phenoxy) is 1. The quantitative estimate of drug-likeness (QED) is 0.818. The summed E-state index contributed by atoms with van der Waals surface area (Å²) in [6.07, 6.45) is 1.67. The summed E-state index contributed by atoms with van der Waals surface area (Å²) in [6, 6.07) is 0. The Balaban J connectivity index is 1.94. The largest absolute Gasteiger partial charge is 0.444 e. The van der Waals surface area contributed by atoms with Crippen molar-refractivity contribution in [3.8, 4) is 0 Å². The van der Waals surface area contributed by atoms with E-state index in [1.54, 1.807) is 25.2 Å². The van der Waals surface area contributed by atoms with Crippen molar-refractivity contribution in [1.29, 1.82) is 0 Å². The summed E-state index contributed by atoms with van der Waals surface area (Å²) >= 11 is 4.46. The van der Waals surface area contributed by atoms with E-state index in [-0.39, 0.29) is 18.1 Å². The molecule has 104 valence electrons. The monoisotopic (exact) mass is 347 g/mol. The molecule has 0 N–H and O–H groups in total. The van der Waals surface area contributed by atoms with E-state index in [2.05, 4.69) is 20.3 Å². The number of amides is 2. The van der Waals surface area contributed by atoms with Crippen LogP contribution >= 0.6 is 27.5 Å². The molecule has 0 saturated carbocycles. The molecule has 1 aliphatic heterocycles. The second-order valence-corrected chi connectivity index (χ2v) is 6.10. The lowest BCUT2D eigenvalue weighted by Gasteiger charge is -2.17. The molecule has 0 aliphatic carbocycles. The van der Waals surface area contributed by atoms with Crippen LogP contribution in [0.1, 0.15) is 16.1 Å². The van der Waals surface area contributed by atoms with Gasteiger partial charge >= 0.3 is 6.09 Å². The summed E-state index contributed by atoms with van der Waals surface area (Å²) in [5, 5.41) is 0. The topological polar surface area (TPSA) is 62.7 Å². The molecule has 2 heterocycles. The molecule has 1 atom stereocenters. The van der Waals surface area contributed by atoms with Crippen LogP contribution in [0.25, 0.3) is 0 Å². The highest BCUT2D eigenvalue weighted by Gasteiger charge is 2.31. The Hall–Kier alpha value is -1.15. The first-order valence-corrected chi connectivity index (χ1v) is 7.33. The molecule has 0 spiro atoms. The molecule has 1 saturated heterocycles. The van der Waals surface area contributed by atoms with Crippen molar-refractivity contribution in [2.24, 2.45) is 0 Å². The van der Waals surface area contributed by atoms with E-state index in [0.29, 0.717) is 28.9 Å². The van der Waals surface area contributed by atoms with E-state index in [0.717, 1.165) is 11.5 Å². The second kappa shape index (κ2) is 5.87. The fourth-order valence-corrected chi connectivity index (χ4v) is 3.00. The summed E-state index contributed by atoms with van der Waals surface area (Å²) in [5.74, 6) is -0.0715. The maximum absolute atomic E-state index is 12.2. The number of nitrogens with zero attached hydrogens (tertiary/aromatic N) is 3. The molecule has 6 nitrogen and oxygen atoms in total. The minimum absolute atomic E-state index is 0.0715. The van der Waals surface area contributed by atoms with E-state index in [1.165, 1.54) is 4.90 Å². The number of carbonyl (C=O) groups is 2. The van der Waals surface area contributed by atoms with E-state index in [1.807, 2.05) is 0 Å². The highest BCUT2D eigenvalue weighted by molar-refractivity contribution is 9.10. The lowest BCUT2D eigenvalue weighted by molar-refractivity contribution is 0.0667. The van der Waals surface area contributed by atoms with Crippen molar-refractivity contribution in [3.05, 3.63) is 15.5 Å². The van der Waals surface area contributed by atoms with Gasteiger partial charge in [0.15, 0.2) is 0 Å². The third-order valence-electron chi connectivity index (χ3n) is 2.79. The molecule has 8 heteroatoms. The van der Waals surface area contributed by atoms with Crippen LogP contribution < -0.4 is 0 Å². The number of likely N-dealkylation sites (tertiary alicyclic amines) is 1. The van der Waals surface area contributed by atoms with Crippen LogP contribution in [0.15, 0.2) is 10.7 Å². The number of carbonyl (C=O) groups excluding carboxylic acids is 2. The van der Waals surface area contributed by atoms with Gasteiger partial charge in [-0.25, -0.2) is 4.79 Å². The van der Waals surface area contributed by atoms with Crippen molar-refractivity contribution in [3.63, 3.8) is 0 Å². The van der Waals surface area contributed by atoms with Gasteiger partial charge in [0.2, 0.25) is 0 Å². The Kier molecular flexibility index (Phi) is 4.41. The molecule has 1 fully saturated rings. The lowest BCUT2D eigenvalue weighted by Crippen LogP contribution is -2.32. The van der Waals surface area contributed by atoms with Gasteiger partial charge < -0.3 is 14.5 Å². The predicted molar refractivity (Wildman–Crippen MR) is 74.3 cm³/mol. The summed E-state index contributed by atoms with van der Waals surface area (Å²) in [4.78, 5) is 27.3. The molecular weight excluding hydrogens is 334 g/mol. The fourth-order valence-electron chi connectivity index (χ4n) is 1.77. The van der Waals surface area contributed by atoms with Gasteiger partial charge in [-0.3, -0.25) is 4.79 Å². The number of hydrogen-bond donors (Lipinski definition) is 0. The first-order chi connectivity index (χ1) is 8.99. The fraction of sp³-hybridized carbons (Fsp3) is 0.545. The number of hydrogen-bond acceptors (Lipinski definition) is 5. The van der Waals surface area contributed by atoms with Gasteiger partial charge in [-0.2, -0.15) is 4.37 Å². The lowest BCUT2D eigenvalue weighted by atomic mass is 10.3. The van der Waals surface area contributed by atoms with Crippen LogP contribution in [-0.4, -0.2) is 59.5 Å². The van der Waals surface area contributed by atoms with E-state index < -0.39 is 0 Å². The van der Waals surface area contributed by atoms with Gasteiger partial charge in [-0.1, -0.05) is 0 Å². The van der Waals surface area contributed by atoms with E-state index >= 15 is 0 Å². The van der Waals surface area contributed by atoms with Gasteiger partial charge in [0.05, 0.1) is 17.2 Å². The Morgan fingerprint density at radius 3 is 2.89 bits per heavy atom. The zero-order valence-corrected chi connectivity index (χ0v) is 13.0. The average molecular weight is 348 g/mol. The Morgan fingerprint density at radius 1 is 1.58 bits per heavy atom. The highest BCUT2D eigenvalue weighted by atomic mass is 79.9. The molecule has 2 rings (SSSR count). The number of halogens is 1. The molecule has 1 aromatic rings. The van der Waals surface area contributed by atoms with Gasteiger partial charge in [0, 0.05) is 27.1 Å². The third kappa shape index (κ3) is 3.24. The molecule has 0 aromatic carbocycles. The van der Waals surface area contributed by atoms with Crippen LogP contribution in [0.4, 0.5) is 4.79 Å². The average Bonchev–Trinajstić information content (AvgIpc) is 2.97. The molecule has 2 amide bonds. The second-order valence-electron chi connectivity index (χ2n) is 4.44. The van der Waals surface area contributed by atoms with Crippen LogP contribution in [0.2, 0.25) is 0 Å². The maximum atomic E-state index is 12.2. The minimum Gasteiger partial charge on any atom is -0.444 e. The highest BCUT2D eigenvalue weighted by Crippen LogP contribution is 2.24. The Labute approximate surface area is 123 Å². The summed E-state index contributed by atoms with van der Waals surface area (Å²) < 4.78 is 9.93. The van der Waals surface area contributed by atoms with E-state index in [4.69, 9.17) is 4.74 Å². The molecule has 0 radical (unpaired) electrons. The Bertz CT molecular complexity index is 491. The summed E-state index contributed by atoms with van der Waals surface area (Å²) in [6.45, 7) is 1.03. The van der Waals surface area contributed by atoms with Crippen LogP contribution in [0, 0.1) is 0 Å². The Morgan fingerprint density at radius 2 is 2.32 bits per heavy atom. The normalized spacial score (nSPS) is 18.5. The van der Waals surface area contributed by atoms with E-state index in [9.17, 15) is 9.59 Å². The molecule has 1 aliphatic rings. The summed E-state index contributed by atoms with van der Waals surface area (Å²) in [7, 11) is 3.27. The van der Waals surface area contributed by atoms with Crippen LogP contribution in [-0.2, 0) is 4.74 Å². The van der Waals surface area contributed by atoms with Crippen LogP contribution in [0.3, 0.4) is 0 Å². The zero-order chi connectivity index (χ0) is 14.0. The maximum Gasteiger partial charge on any atom is 0.409 e. The van der Waals surface area contributed by atoms with Crippen LogP contribution in [0.5, 0.6) is 0 Å². The smallest absolute Gasteiger partial charge is 0.409 e. The van der Waals surface area contributed by atoms with Gasteiger partial charge in [0.25, 0.3) is 5.91 Å². The van der Waals surface area contributed by atoms with Gasteiger partial charge in [-0.05, 0) is 27.5 Å². The third-order valence-corrected chi connectivity index (χ3v) is 4.44. The SMILES string of the molecule is CN(C)C(=O)OC1CCN(C(=O)c2sncc2Br)C1. The molecule has 1 aromatic heterocycles. The molecule has 1 unspecified atom stereocenters. The van der Waals surface area contributed by atoms with Crippen molar-refractivity contribution >= 4 is 39.5 Å². The number of aromatic nitrogens is 1. The van der Waals surface area contributed by atoms with Crippen molar-refractivity contribution in [2.75, 3.05) is 27.2 Å². The zero-order valence-electron chi connectivity index (χ0n) is 10.6. The van der Waals surface area contributed by atoms with Crippen molar-refractivity contribution < 1.29 is 14.3 Å². The minimum atomic E-state index is -0.377. The first-order valence-electron chi connectivity index (χ1n) is 5.76. The summed E-state index contributed by atoms with van der Waals surface area (Å²) in [5.41, 5.74) is 0. The molecule has 0 bridgehead atoms. The standard InChI is InChI=1S/C11H14BrN3O3S/c1-14(2)11(17)18-7-3-4-15(6-7)10(16)9-8(12)5-13-19-9/h5,7H,3-4,6H2,1-2H3. The van der Waals surface area contributed by atoms with Gasteiger partial charge in [0.1, 0.15) is 11.0 Å². The predicted octanol–water partition coefficient (Wildman–Crippen LogP) is 1.82. The van der Waals surface area contributed by atoms with Crippen molar-refractivity contribution in [2.45, 2.75) is 12.5 Å². The molecule has 19 heavy (non-hydrogen) atoms. The first kappa shape index (κ1) is 14.3. The molecular formula is C11H14BrN3O3S. The van der Waals surface area contributed by atoms with Crippen molar-refractivity contribution in [1.82, 2.24) is 14.2 Å². The number of rotatable bonds is 2. The van der Waals surface area contributed by atoms with Gasteiger partial charge in [-0.15, -0.1) is 0 Å².